The van der Waals surface area contributed by atoms with E-state index in [1.54, 1.807) is 46.1 Å². The molecule has 2 fully saturated rings. The Kier molecular flexibility index (Phi) is 21.7. The van der Waals surface area contributed by atoms with E-state index in [1.165, 1.54) is 30.1 Å². The molecule has 724 valence electrons. The summed E-state index contributed by atoms with van der Waals surface area (Å²) < 4.78 is 30.6. The van der Waals surface area contributed by atoms with Gasteiger partial charge in [0, 0.05) is 57.2 Å². The molecule has 9 aromatic carbocycles. The first-order valence-corrected chi connectivity index (χ1v) is 47.2. The summed E-state index contributed by atoms with van der Waals surface area (Å²) in [5, 5.41) is 42.1. The van der Waals surface area contributed by atoms with Crippen LogP contribution in [0.1, 0.15) is 94.8 Å². The number of aromatic nitrogens is 28. The van der Waals surface area contributed by atoms with Crippen LogP contribution in [-0.4, -0.2) is 133 Å². The lowest BCUT2D eigenvalue weighted by Crippen LogP contribution is -2.37. The van der Waals surface area contributed by atoms with Crippen molar-refractivity contribution in [2.45, 2.75) is 105 Å². The molecular weight excluding hydrogens is 1860 g/mol. The summed E-state index contributed by atoms with van der Waals surface area (Å²) in [6, 6.07) is 66.4. The minimum Gasteiger partial charge on any atom is -0.424 e. The number of nitrogens with zero attached hydrogens (tertiary/aromatic N) is 27. The number of rotatable bonds is 16. The molecule has 2 aliphatic rings. The van der Waals surface area contributed by atoms with E-state index in [9.17, 15) is 19.2 Å². The van der Waals surface area contributed by atoms with Crippen molar-refractivity contribution >= 4 is 162 Å². The van der Waals surface area contributed by atoms with Gasteiger partial charge in [-0.15, -0.1) is 0 Å². The Labute approximate surface area is 828 Å². The molecule has 2 saturated carbocycles. The maximum Gasteiger partial charge on any atom is 0.312 e. The third-order valence-electron chi connectivity index (χ3n) is 27.1. The topological polar surface area (TPSA) is 581 Å². The number of oxazole rings is 3. The lowest BCUT2D eigenvalue weighted by atomic mass is 9.91. The molecule has 0 atom stereocenters. The monoisotopic (exact) mass is 1950 g/mol. The minimum atomic E-state index is -0.0930. The second-order valence-electron chi connectivity index (χ2n) is 36.5. The van der Waals surface area contributed by atoms with E-state index in [0.717, 1.165) is 143 Å². The van der Waals surface area contributed by atoms with E-state index in [0.29, 0.717) is 142 Å². The Morgan fingerprint density at radius 1 is 0.347 bits per heavy atom. The summed E-state index contributed by atoms with van der Waals surface area (Å²) in [6.45, 7) is 11.1. The van der Waals surface area contributed by atoms with Crippen LogP contribution in [0.5, 0.6) is 0 Å². The third-order valence-corrected chi connectivity index (χ3v) is 27.1. The van der Waals surface area contributed by atoms with Gasteiger partial charge in [0.05, 0.1) is 69.6 Å². The lowest BCUT2D eigenvalue weighted by molar-refractivity contribution is -0.721. The quantitative estimate of drug-likeness (QED) is 0.0416. The molecule has 0 bridgehead atoms. The molecule has 25 aromatic rings. The SMILES string of the molecule is Cc1cccc2cc(Cn3nc(-c4ccc5oc(N)nc5c4)c4c(N)ncnc43)n(-c3ccccc3)c(=O)c12.Cc1cccc2cc(Cn3nc(-c4ccc5oc(N)nc5c4)c4c(N)ncnc43)n(C3CC3)c(=O)c12.Cc1cccc2cc(Cn3nc(-c4ccc5oc(N)nc5c4)c4c(N)ncnc43)n(C3CCC3)c(=O)c12.Cc1ccccc1-n1c(Cn2nc(-[n+]3nnn[nH]3)c3c(N)ncnc32)cc2cccc(C)c2c1=O. The van der Waals surface area contributed by atoms with Gasteiger partial charge in [0.1, 0.15) is 98.0 Å². The molecule has 0 saturated heterocycles. The van der Waals surface area contributed by atoms with Crippen LogP contribution in [0, 0.1) is 34.6 Å². The Bertz CT molecular complexity index is 9950. The van der Waals surface area contributed by atoms with Gasteiger partial charge in [0.2, 0.25) is 0 Å². The number of aryl methyl sites for hydroxylation is 5. The van der Waals surface area contributed by atoms with Gasteiger partial charge in [0.15, 0.2) is 44.6 Å². The van der Waals surface area contributed by atoms with Crippen molar-refractivity contribution in [2.24, 2.45) is 0 Å². The average molecular weight is 1950 g/mol. The zero-order valence-corrected chi connectivity index (χ0v) is 79.4. The molecule has 0 spiro atoms. The molecule has 2 aliphatic carbocycles. The van der Waals surface area contributed by atoms with Gasteiger partial charge in [-0.2, -0.15) is 34.9 Å². The zero-order chi connectivity index (χ0) is 101. The number of nitrogens with two attached hydrogens (primary N) is 7. The summed E-state index contributed by atoms with van der Waals surface area (Å²) in [7, 11) is 0. The van der Waals surface area contributed by atoms with Gasteiger partial charge in [-0.25, -0.2) is 53.9 Å². The van der Waals surface area contributed by atoms with Crippen LogP contribution in [0.25, 0.3) is 171 Å². The van der Waals surface area contributed by atoms with E-state index >= 15 is 0 Å². The Morgan fingerprint density at radius 2 is 0.701 bits per heavy atom. The smallest absolute Gasteiger partial charge is 0.312 e. The predicted octanol–water partition coefficient (Wildman–Crippen LogP) is 13.6. The van der Waals surface area contributed by atoms with Crippen molar-refractivity contribution in [2.75, 3.05) is 40.1 Å². The van der Waals surface area contributed by atoms with E-state index in [-0.39, 0.29) is 71.3 Å². The van der Waals surface area contributed by atoms with Gasteiger partial charge in [-0.3, -0.25) is 28.3 Å². The van der Waals surface area contributed by atoms with Crippen molar-refractivity contribution in [3.8, 4) is 51.0 Å². The highest BCUT2D eigenvalue weighted by molar-refractivity contribution is 6.03. The lowest BCUT2D eigenvalue weighted by Gasteiger charge is -2.30. The van der Waals surface area contributed by atoms with Gasteiger partial charge in [-0.05, 0) is 223 Å². The Balaban J connectivity index is 0.000000105. The van der Waals surface area contributed by atoms with Crippen LogP contribution in [-0.2, 0) is 26.2 Å². The zero-order valence-electron chi connectivity index (χ0n) is 79.4. The molecule has 147 heavy (non-hydrogen) atoms. The molecule has 16 heterocycles. The van der Waals surface area contributed by atoms with E-state index in [2.05, 4.69) is 92.9 Å². The average Bonchev–Trinajstić information content (AvgIpc) is 1.73. The fourth-order valence-electron chi connectivity index (χ4n) is 20.0. The summed E-state index contributed by atoms with van der Waals surface area (Å²) >= 11 is 0. The maximum atomic E-state index is 13.9. The number of hydrogen-bond acceptors (Lipinski definition) is 32. The van der Waals surface area contributed by atoms with Crippen LogP contribution in [0.3, 0.4) is 0 Å². The largest absolute Gasteiger partial charge is 0.424 e. The number of benzene rings is 9. The molecule has 0 unspecified atom stereocenters. The highest BCUT2D eigenvalue weighted by Crippen LogP contribution is 2.42. The predicted molar refractivity (Wildman–Crippen MR) is 557 cm³/mol. The van der Waals surface area contributed by atoms with Gasteiger partial charge >= 0.3 is 5.82 Å². The summed E-state index contributed by atoms with van der Waals surface area (Å²) in [6.07, 6.45) is 10.7. The number of fused-ring (bicyclic) bond motifs is 11. The normalized spacial score (nSPS) is 12.7. The third kappa shape index (κ3) is 15.8. The van der Waals surface area contributed by atoms with E-state index in [1.807, 2.05) is 220 Å². The van der Waals surface area contributed by atoms with Crippen LogP contribution in [0.4, 0.5) is 41.3 Å². The van der Waals surface area contributed by atoms with Crippen molar-refractivity contribution in [1.29, 1.82) is 0 Å². The number of anilines is 7. The van der Waals surface area contributed by atoms with Crippen LogP contribution in [0.2, 0.25) is 0 Å². The standard InChI is InChI=1S/C29H22N8O2.C27H24N8O2.C26H22N8O2.C23H19N11O/c1-16-6-5-7-17-12-20(37(28(38)23(16)17)19-8-3-2-4-9-19)14-36-27-24(26(30)32-15-33-27)25(35-36)18-10-11-22-21(13-18)34-29(31)39-22;1-14-4-2-5-15-10-18(35(17-6-3-7-17)26(36)21(14)15)12-34-25-22(24(28)30-13-31-25)23(33-34)16-8-9-20-19(11-16)32-27(29)37-20;1-13-3-2-4-14-9-17(34(16-6-7-16)25(35)20(13)14)11-33-24-21(23(27)29-12-30-24)22(32-33)15-5-8-19-18(10-15)31-26(28)36-19;1-13-6-3-4-9-17(13)33-16(10-15-8-5-7-14(2)18(15)23(33)35)11-32-21-19(20(24)25-12-26-21)22(27-32)34-30-28-29-31-34/h2-13,15H,14H2,1H3,(H2,31,34)(H2,30,32,33);2,4-5,8-11,13,17H,3,6-7,12H2,1H3,(H2,29,32)(H2,28,30,31);2-5,8-10,12,16H,6-7,11H2,1H3,(H2,28,31)(H2,27,29,30);3-10,12H,11H2,1-2H3,(H2,24,25,26,27)/p+1. The molecule has 16 aromatic heterocycles. The maximum absolute atomic E-state index is 13.9. The molecule has 0 radical (unpaired) electrons. The van der Waals surface area contributed by atoms with Gasteiger partial charge in [-0.1, -0.05) is 114 Å². The van der Waals surface area contributed by atoms with Gasteiger partial charge < -0.3 is 62.5 Å². The first-order valence-electron chi connectivity index (χ1n) is 47.2. The van der Waals surface area contributed by atoms with E-state index in [4.69, 9.17) is 68.7 Å². The molecule has 0 aliphatic heterocycles. The summed E-state index contributed by atoms with van der Waals surface area (Å²) in [5.74, 6) is 1.55. The Morgan fingerprint density at radius 3 is 1.10 bits per heavy atom. The molecule has 0 amide bonds. The molecule has 42 heteroatoms. The van der Waals surface area contributed by atoms with Gasteiger partial charge in [0.25, 0.3) is 40.3 Å². The van der Waals surface area contributed by atoms with Crippen LogP contribution in [0.15, 0.2) is 264 Å². The second kappa shape index (κ2) is 35.7. The highest BCUT2D eigenvalue weighted by atomic mass is 16.4. The number of nitrogens with one attached hydrogen (secondary N) is 1. The fraction of sp³-hybridized carbons (Fsp3) is 0.152. The molecule has 15 N–H and O–H groups in total. The minimum absolute atomic E-state index is 0.0444. The fourth-order valence-corrected chi connectivity index (χ4v) is 20.0. The van der Waals surface area contributed by atoms with Crippen molar-refractivity contribution < 1.29 is 18.0 Å². The number of nitrogen functional groups attached to an aromatic ring is 7. The molecule has 27 rings (SSSR count). The number of H-pyrrole nitrogens is 1. The van der Waals surface area contributed by atoms with Crippen molar-refractivity contribution in [3.05, 3.63) is 324 Å². The van der Waals surface area contributed by atoms with Crippen molar-refractivity contribution in [3.63, 3.8) is 0 Å². The van der Waals surface area contributed by atoms with Crippen LogP contribution >= 0.6 is 0 Å². The Hall–Kier alpha value is -20.0. The first-order chi connectivity index (χ1) is 71.4. The number of pyridine rings is 4. The molecular formula is C105H88N35O7+. The van der Waals surface area contributed by atoms with E-state index < -0.39 is 0 Å². The number of hydrogen-bond donors (Lipinski definition) is 8. The van der Waals surface area contributed by atoms with Crippen LogP contribution < -0.4 is 67.2 Å². The molecule has 42 nitrogen and oxygen atoms in total. The summed E-state index contributed by atoms with van der Waals surface area (Å²) in [5.41, 5.74) is 61.9. The first kappa shape index (κ1) is 89.6. The van der Waals surface area contributed by atoms with Crippen molar-refractivity contribution in [1.82, 2.24) is 133 Å². The highest BCUT2D eigenvalue weighted by Gasteiger charge is 2.33. The summed E-state index contributed by atoms with van der Waals surface area (Å²) in [4.78, 5) is 104. The number of aromatic amines is 1. The number of para-hydroxylation sites is 2. The second-order valence-corrected chi connectivity index (χ2v) is 36.5.